The number of imide groups is 3. The van der Waals surface area contributed by atoms with E-state index in [1.165, 1.54) is 17.0 Å². The van der Waals surface area contributed by atoms with Gasteiger partial charge in [-0.1, -0.05) is 74.0 Å². The van der Waals surface area contributed by atoms with Crippen molar-refractivity contribution in [3.8, 4) is 23.0 Å². The van der Waals surface area contributed by atoms with Gasteiger partial charge in [0.15, 0.2) is 0 Å². The van der Waals surface area contributed by atoms with E-state index < -0.39 is 29.0 Å². The van der Waals surface area contributed by atoms with Crippen LogP contribution in [0.1, 0.15) is 104 Å². The van der Waals surface area contributed by atoms with Crippen molar-refractivity contribution in [2.75, 3.05) is 14.7 Å². The largest absolute Gasteiger partial charge is 0.457 e. The lowest BCUT2D eigenvalue weighted by Crippen LogP contribution is -2.31. The molecule has 0 bridgehead atoms. The molecule has 0 atom stereocenters. The molecule has 0 spiro atoms. The van der Waals surface area contributed by atoms with Gasteiger partial charge in [0.2, 0.25) is 0 Å². The van der Waals surface area contributed by atoms with Crippen molar-refractivity contribution in [1.29, 1.82) is 0 Å². The maximum Gasteiger partial charge on any atom is 0.266 e. The van der Waals surface area contributed by atoms with Crippen molar-refractivity contribution in [1.82, 2.24) is 0 Å². The third-order valence-electron chi connectivity index (χ3n) is 12.4. The van der Waals surface area contributed by atoms with Crippen LogP contribution < -0.4 is 24.2 Å². The molecule has 0 radical (unpaired) electrons. The minimum atomic E-state index is -0.557. The second kappa shape index (κ2) is 15.1. The van der Waals surface area contributed by atoms with E-state index in [-0.39, 0.29) is 34.3 Å². The Morgan fingerprint density at radius 3 is 1.22 bits per heavy atom. The van der Waals surface area contributed by atoms with E-state index in [0.717, 1.165) is 37.6 Å². The minimum Gasteiger partial charge on any atom is -0.457 e. The standard InChI is InChI=1S/C54H39N3O8/c1-30-12-23-41-44(26-30)51(61)55(48(41)58)35-10-7-11-36(27-35)56-49(59)42-24-21-39(28-45(42)52(56)62)64-37-17-13-33(14-18-37)54(4,5)34-15-19-38(20-16-34)65-40-22-25-43-46(29-40)53(63)57(50(43)60)47-31(2)8-6-9-32(47)3/h6-29H,1-5H3. The zero-order valence-corrected chi connectivity index (χ0v) is 36.0. The number of carbonyl (C=O) groups excluding carboxylic acids is 6. The average Bonchev–Trinajstić information content (AvgIpc) is 3.80. The van der Waals surface area contributed by atoms with E-state index in [9.17, 15) is 28.8 Å². The molecule has 6 amide bonds. The van der Waals surface area contributed by atoms with Crippen LogP contribution in [0.4, 0.5) is 17.1 Å². The Balaban J connectivity index is 0.805. The molecule has 3 aliphatic rings. The van der Waals surface area contributed by atoms with Gasteiger partial charge in [0, 0.05) is 5.41 Å². The number of nitrogens with zero attached hydrogens (tertiary/aromatic N) is 3. The van der Waals surface area contributed by atoms with Crippen LogP contribution in [0.2, 0.25) is 0 Å². The molecule has 0 aliphatic carbocycles. The van der Waals surface area contributed by atoms with Crippen LogP contribution in [-0.2, 0) is 5.41 Å². The Morgan fingerprint density at radius 2 is 0.738 bits per heavy atom. The highest BCUT2D eigenvalue weighted by atomic mass is 16.5. The number of benzene rings is 7. The minimum absolute atomic E-state index is 0.166. The van der Waals surface area contributed by atoms with E-state index in [2.05, 4.69) is 13.8 Å². The summed E-state index contributed by atoms with van der Waals surface area (Å²) in [6.07, 6.45) is 0. The van der Waals surface area contributed by atoms with Crippen molar-refractivity contribution in [3.05, 3.63) is 207 Å². The number of rotatable bonds is 9. The lowest BCUT2D eigenvalue weighted by Gasteiger charge is -2.26. The van der Waals surface area contributed by atoms with Gasteiger partial charge in [-0.2, -0.15) is 0 Å². The highest BCUT2D eigenvalue weighted by Crippen LogP contribution is 2.39. The smallest absolute Gasteiger partial charge is 0.266 e. The van der Waals surface area contributed by atoms with Gasteiger partial charge in [-0.05, 0) is 134 Å². The van der Waals surface area contributed by atoms with Crippen LogP contribution in [0.15, 0.2) is 146 Å². The predicted octanol–water partition coefficient (Wildman–Crippen LogP) is 10.9. The summed E-state index contributed by atoms with van der Waals surface area (Å²) >= 11 is 0. The van der Waals surface area contributed by atoms with E-state index >= 15 is 0 Å². The van der Waals surface area contributed by atoms with E-state index in [1.807, 2.05) is 87.5 Å². The molecule has 0 saturated heterocycles. The van der Waals surface area contributed by atoms with Gasteiger partial charge in [0.1, 0.15) is 23.0 Å². The highest BCUT2D eigenvalue weighted by molar-refractivity contribution is 6.37. The number of hydrogen-bond acceptors (Lipinski definition) is 8. The number of hydrogen-bond donors (Lipinski definition) is 0. The first-order valence-electron chi connectivity index (χ1n) is 21.0. The maximum atomic E-state index is 13.8. The van der Waals surface area contributed by atoms with Crippen molar-refractivity contribution < 1.29 is 38.2 Å². The summed E-state index contributed by atoms with van der Waals surface area (Å²) < 4.78 is 12.3. The topological polar surface area (TPSA) is 131 Å². The van der Waals surface area contributed by atoms with Gasteiger partial charge in [-0.15, -0.1) is 0 Å². The molecular weight excluding hydrogens is 819 g/mol. The van der Waals surface area contributed by atoms with Crippen LogP contribution in [-0.4, -0.2) is 35.4 Å². The Kier molecular flexibility index (Phi) is 9.45. The second-order valence-electron chi connectivity index (χ2n) is 16.9. The average molecular weight is 858 g/mol. The van der Waals surface area contributed by atoms with Crippen LogP contribution in [0.25, 0.3) is 0 Å². The Bertz CT molecular complexity index is 3220. The molecule has 0 unspecified atom stereocenters. The summed E-state index contributed by atoms with van der Waals surface area (Å²) in [7, 11) is 0. The molecule has 0 N–H and O–H groups in total. The first-order valence-corrected chi connectivity index (χ1v) is 21.0. The van der Waals surface area contributed by atoms with Gasteiger partial charge < -0.3 is 9.47 Å². The zero-order chi connectivity index (χ0) is 45.5. The summed E-state index contributed by atoms with van der Waals surface area (Å²) in [5, 5.41) is 0. The summed E-state index contributed by atoms with van der Waals surface area (Å²) in [4.78, 5) is 84.2. The van der Waals surface area contributed by atoms with Gasteiger partial charge in [0.05, 0.1) is 50.4 Å². The van der Waals surface area contributed by atoms with Gasteiger partial charge in [-0.3, -0.25) is 28.8 Å². The first-order chi connectivity index (χ1) is 31.2. The Morgan fingerprint density at radius 1 is 0.369 bits per heavy atom. The van der Waals surface area contributed by atoms with Crippen molar-refractivity contribution in [3.63, 3.8) is 0 Å². The molecule has 0 saturated carbocycles. The molecular formula is C54H39N3O8. The number of amides is 6. The third-order valence-corrected chi connectivity index (χ3v) is 12.4. The van der Waals surface area contributed by atoms with Gasteiger partial charge in [0.25, 0.3) is 35.4 Å². The second-order valence-corrected chi connectivity index (χ2v) is 16.9. The van der Waals surface area contributed by atoms with E-state index in [1.54, 1.807) is 66.7 Å². The number of para-hydroxylation sites is 1. The number of aryl methyl sites for hydroxylation is 3. The molecule has 11 nitrogen and oxygen atoms in total. The van der Waals surface area contributed by atoms with Crippen LogP contribution in [0, 0.1) is 20.8 Å². The quantitative estimate of drug-likeness (QED) is 0.131. The molecule has 0 fully saturated rings. The van der Waals surface area contributed by atoms with Crippen LogP contribution >= 0.6 is 0 Å². The molecule has 10 rings (SSSR count). The molecule has 318 valence electrons. The van der Waals surface area contributed by atoms with E-state index in [4.69, 9.17) is 9.47 Å². The lowest BCUT2D eigenvalue weighted by atomic mass is 9.78. The summed E-state index contributed by atoms with van der Waals surface area (Å²) in [5.41, 5.74) is 6.82. The molecule has 0 aromatic heterocycles. The Labute approximate surface area is 374 Å². The molecule has 11 heteroatoms. The van der Waals surface area contributed by atoms with Crippen LogP contribution in [0.3, 0.4) is 0 Å². The normalized spacial score (nSPS) is 14.3. The zero-order valence-electron chi connectivity index (χ0n) is 36.0. The SMILES string of the molecule is Cc1ccc2c(c1)C(=O)N(c1cccc(N3C(=O)c4ccc(Oc5ccc(C(C)(C)c6ccc(Oc7ccc8c(c7)C(=O)N(c7c(C)cccc7C)C8=O)cc6)cc5)cc4C3=O)c1)C2=O. The molecule has 3 heterocycles. The number of anilines is 3. The number of carbonyl (C=O) groups is 6. The lowest BCUT2D eigenvalue weighted by molar-refractivity contribution is 0.0909. The fraction of sp³-hybridized carbons (Fsp3) is 0.111. The molecule has 7 aromatic carbocycles. The summed E-state index contributed by atoms with van der Waals surface area (Å²) in [5.74, 6) is -0.875. The fourth-order valence-electron chi connectivity index (χ4n) is 8.84. The van der Waals surface area contributed by atoms with E-state index in [0.29, 0.717) is 50.9 Å². The molecule has 3 aliphatic heterocycles. The number of ether oxygens (including phenoxy) is 2. The molecule has 7 aromatic rings. The summed E-state index contributed by atoms with van der Waals surface area (Å²) in [6, 6.07) is 42.0. The number of fused-ring (bicyclic) bond motifs is 3. The fourth-order valence-corrected chi connectivity index (χ4v) is 8.84. The van der Waals surface area contributed by atoms with Crippen molar-refractivity contribution in [2.24, 2.45) is 0 Å². The Hall–Kier alpha value is -8.44. The van der Waals surface area contributed by atoms with Gasteiger partial charge >= 0.3 is 0 Å². The monoisotopic (exact) mass is 857 g/mol. The highest BCUT2D eigenvalue weighted by Gasteiger charge is 2.41. The first kappa shape index (κ1) is 40.6. The summed E-state index contributed by atoms with van der Waals surface area (Å²) in [6.45, 7) is 9.82. The third kappa shape index (κ3) is 6.67. The van der Waals surface area contributed by atoms with Crippen molar-refractivity contribution >= 4 is 52.5 Å². The molecule has 65 heavy (non-hydrogen) atoms. The maximum absolute atomic E-state index is 13.8. The van der Waals surface area contributed by atoms with Crippen molar-refractivity contribution in [2.45, 2.75) is 40.0 Å². The predicted molar refractivity (Wildman–Crippen MR) is 245 cm³/mol. The van der Waals surface area contributed by atoms with Gasteiger partial charge in [-0.25, -0.2) is 14.7 Å². The van der Waals surface area contributed by atoms with Crippen LogP contribution in [0.5, 0.6) is 23.0 Å².